The molecule has 0 saturated carbocycles. The number of aromatic nitrogens is 2. The second kappa shape index (κ2) is 7.47. The van der Waals surface area contributed by atoms with Gasteiger partial charge in [-0.3, -0.25) is 4.79 Å². The van der Waals surface area contributed by atoms with Crippen LogP contribution in [0.3, 0.4) is 0 Å². The van der Waals surface area contributed by atoms with Gasteiger partial charge in [0.1, 0.15) is 0 Å². The highest BCUT2D eigenvalue weighted by atomic mass is 35.5. The van der Waals surface area contributed by atoms with Gasteiger partial charge in [0.2, 0.25) is 5.91 Å². The van der Waals surface area contributed by atoms with Crippen LogP contribution in [0.5, 0.6) is 0 Å². The number of benzene rings is 1. The number of nitrogens with zero attached hydrogens (tertiary/aromatic N) is 3. The van der Waals surface area contributed by atoms with E-state index in [2.05, 4.69) is 5.10 Å². The summed E-state index contributed by atoms with van der Waals surface area (Å²) in [4.78, 5) is 14.9. The first kappa shape index (κ1) is 16.5. The van der Waals surface area contributed by atoms with Gasteiger partial charge >= 0.3 is 0 Å². The van der Waals surface area contributed by atoms with E-state index in [4.69, 9.17) is 11.6 Å². The summed E-state index contributed by atoms with van der Waals surface area (Å²) in [5, 5.41) is 4.31. The van der Waals surface area contributed by atoms with Crippen LogP contribution in [0.25, 0.3) is 11.8 Å². The molecule has 0 aliphatic rings. The lowest BCUT2D eigenvalue weighted by Crippen LogP contribution is -2.23. The highest BCUT2D eigenvalue weighted by Gasteiger charge is 2.08. The van der Waals surface area contributed by atoms with Crippen molar-refractivity contribution < 1.29 is 4.79 Å². The van der Waals surface area contributed by atoms with Crippen molar-refractivity contribution in [3.05, 3.63) is 75.7 Å². The smallest absolute Gasteiger partial charge is 0.246 e. The van der Waals surface area contributed by atoms with Gasteiger partial charge in [-0.25, -0.2) is 4.68 Å². The predicted octanol–water partition coefficient (Wildman–Crippen LogP) is 4.26. The molecule has 122 valence electrons. The van der Waals surface area contributed by atoms with E-state index in [-0.39, 0.29) is 5.91 Å². The van der Waals surface area contributed by atoms with E-state index in [0.29, 0.717) is 6.54 Å². The Morgan fingerprint density at radius 2 is 2.08 bits per heavy atom. The summed E-state index contributed by atoms with van der Waals surface area (Å²) in [6.07, 6.45) is 6.95. The molecule has 0 N–H and O–H groups in total. The molecule has 6 heteroatoms. The van der Waals surface area contributed by atoms with Crippen LogP contribution in [0.15, 0.2) is 60.9 Å². The summed E-state index contributed by atoms with van der Waals surface area (Å²) < 4.78 is 2.51. The highest BCUT2D eigenvalue weighted by Crippen LogP contribution is 2.22. The van der Waals surface area contributed by atoms with Crippen LogP contribution in [0, 0.1) is 0 Å². The number of halogens is 1. The van der Waals surface area contributed by atoms with Gasteiger partial charge in [-0.05, 0) is 30.3 Å². The molecule has 0 spiro atoms. The van der Waals surface area contributed by atoms with Gasteiger partial charge in [0, 0.05) is 29.8 Å². The van der Waals surface area contributed by atoms with E-state index in [1.807, 2.05) is 48.7 Å². The third kappa shape index (κ3) is 4.13. The summed E-state index contributed by atoms with van der Waals surface area (Å²) in [7, 11) is 1.77. The fraction of sp³-hybridized carbons (Fsp3) is 0.111. The maximum Gasteiger partial charge on any atom is 0.246 e. The van der Waals surface area contributed by atoms with Crippen LogP contribution in [-0.2, 0) is 11.3 Å². The average molecular weight is 358 g/mol. The minimum Gasteiger partial charge on any atom is -0.337 e. The molecule has 0 aliphatic heterocycles. The predicted molar refractivity (Wildman–Crippen MR) is 98.4 cm³/mol. The SMILES string of the molecule is CN(Cc1ccc(Cl)s1)C(=O)/C=C/c1cnn(-c2ccccc2)c1. The average Bonchev–Trinajstić information content (AvgIpc) is 3.22. The van der Waals surface area contributed by atoms with Gasteiger partial charge in [-0.1, -0.05) is 29.8 Å². The molecule has 0 aliphatic carbocycles. The topological polar surface area (TPSA) is 38.1 Å². The molecule has 0 saturated heterocycles. The van der Waals surface area contributed by atoms with E-state index in [1.165, 1.54) is 11.3 Å². The fourth-order valence-corrected chi connectivity index (χ4v) is 3.33. The van der Waals surface area contributed by atoms with Crippen LogP contribution in [0.1, 0.15) is 10.4 Å². The van der Waals surface area contributed by atoms with Crippen LogP contribution >= 0.6 is 22.9 Å². The summed E-state index contributed by atoms with van der Waals surface area (Å²) in [5.74, 6) is -0.0630. The molecule has 3 aromatic rings. The monoisotopic (exact) mass is 357 g/mol. The third-order valence-corrected chi connectivity index (χ3v) is 4.66. The zero-order valence-electron chi connectivity index (χ0n) is 13.1. The Kier molecular flexibility index (Phi) is 5.13. The first-order valence-electron chi connectivity index (χ1n) is 7.39. The Labute approximate surface area is 149 Å². The van der Waals surface area contributed by atoms with Gasteiger partial charge in [0.05, 0.1) is 22.8 Å². The van der Waals surface area contributed by atoms with Crippen LogP contribution in [-0.4, -0.2) is 27.6 Å². The van der Waals surface area contributed by atoms with Gasteiger partial charge in [-0.2, -0.15) is 5.10 Å². The standard InChI is InChI=1S/C18H16ClN3OS/c1-21(13-16-8-9-17(19)24-16)18(23)10-7-14-11-20-22(12-14)15-5-3-2-4-6-15/h2-12H,13H2,1H3/b10-7+. The molecule has 3 rings (SSSR count). The number of rotatable bonds is 5. The molecular weight excluding hydrogens is 342 g/mol. The van der Waals surface area contributed by atoms with Gasteiger partial charge in [0.15, 0.2) is 0 Å². The zero-order valence-corrected chi connectivity index (χ0v) is 14.7. The lowest BCUT2D eigenvalue weighted by molar-refractivity contribution is -0.125. The number of thiophene rings is 1. The molecule has 0 fully saturated rings. The number of carbonyl (C=O) groups is 1. The van der Waals surface area contributed by atoms with E-state index in [0.717, 1.165) is 20.5 Å². The quantitative estimate of drug-likeness (QED) is 0.640. The largest absolute Gasteiger partial charge is 0.337 e. The Morgan fingerprint density at radius 3 is 2.79 bits per heavy atom. The maximum atomic E-state index is 12.2. The molecule has 24 heavy (non-hydrogen) atoms. The molecule has 1 aromatic carbocycles. The highest BCUT2D eigenvalue weighted by molar-refractivity contribution is 7.16. The second-order valence-corrected chi connectivity index (χ2v) is 7.09. The Morgan fingerprint density at radius 1 is 1.29 bits per heavy atom. The maximum absolute atomic E-state index is 12.2. The van der Waals surface area contributed by atoms with Crippen LogP contribution < -0.4 is 0 Å². The van der Waals surface area contributed by atoms with Crippen molar-refractivity contribution in [2.24, 2.45) is 0 Å². The summed E-state index contributed by atoms with van der Waals surface area (Å²) >= 11 is 7.39. The number of carbonyl (C=O) groups excluding carboxylic acids is 1. The Balaban J connectivity index is 1.63. The fourth-order valence-electron chi connectivity index (χ4n) is 2.19. The van der Waals surface area contributed by atoms with E-state index >= 15 is 0 Å². The molecule has 0 radical (unpaired) electrons. The molecular formula is C18H16ClN3OS. The Hall–Kier alpha value is -2.37. The molecule has 0 unspecified atom stereocenters. The normalized spacial score (nSPS) is 11.1. The minimum absolute atomic E-state index is 0.0630. The van der Waals surface area contributed by atoms with Crippen molar-refractivity contribution in [2.45, 2.75) is 6.54 Å². The molecule has 0 bridgehead atoms. The van der Waals surface area contributed by atoms with Crippen molar-refractivity contribution in [3.63, 3.8) is 0 Å². The van der Waals surface area contributed by atoms with Gasteiger partial charge < -0.3 is 4.90 Å². The van der Waals surface area contributed by atoms with E-state index in [1.54, 1.807) is 35.0 Å². The number of likely N-dealkylation sites (N-methyl/N-ethyl adjacent to an activating group) is 1. The minimum atomic E-state index is -0.0630. The number of amides is 1. The van der Waals surface area contributed by atoms with Crippen molar-refractivity contribution in [2.75, 3.05) is 7.05 Å². The van der Waals surface area contributed by atoms with Crippen LogP contribution in [0.4, 0.5) is 0 Å². The van der Waals surface area contributed by atoms with E-state index < -0.39 is 0 Å². The lowest BCUT2D eigenvalue weighted by atomic mass is 10.3. The van der Waals surface area contributed by atoms with Crippen molar-refractivity contribution in [1.29, 1.82) is 0 Å². The van der Waals surface area contributed by atoms with Crippen molar-refractivity contribution >= 4 is 34.9 Å². The second-order valence-electron chi connectivity index (χ2n) is 5.29. The summed E-state index contributed by atoms with van der Waals surface area (Å²) in [6.45, 7) is 0.545. The van der Waals surface area contributed by atoms with Gasteiger partial charge in [-0.15, -0.1) is 11.3 Å². The number of hydrogen-bond acceptors (Lipinski definition) is 3. The molecule has 0 atom stereocenters. The van der Waals surface area contributed by atoms with Crippen molar-refractivity contribution in [1.82, 2.24) is 14.7 Å². The van der Waals surface area contributed by atoms with Crippen molar-refractivity contribution in [3.8, 4) is 5.69 Å². The number of hydrogen-bond donors (Lipinski definition) is 0. The summed E-state index contributed by atoms with van der Waals surface area (Å²) in [5.41, 5.74) is 1.86. The third-order valence-electron chi connectivity index (χ3n) is 3.44. The first-order valence-corrected chi connectivity index (χ1v) is 8.59. The lowest BCUT2D eigenvalue weighted by Gasteiger charge is -2.13. The first-order chi connectivity index (χ1) is 11.6. The molecule has 4 nitrogen and oxygen atoms in total. The number of para-hydroxylation sites is 1. The van der Waals surface area contributed by atoms with Crippen LogP contribution in [0.2, 0.25) is 4.34 Å². The molecule has 2 heterocycles. The molecule has 1 amide bonds. The van der Waals surface area contributed by atoms with E-state index in [9.17, 15) is 4.79 Å². The molecule has 2 aromatic heterocycles. The summed E-state index contributed by atoms with van der Waals surface area (Å²) in [6, 6.07) is 13.6. The Bertz CT molecular complexity index is 854. The van der Waals surface area contributed by atoms with Gasteiger partial charge in [0.25, 0.3) is 0 Å². The zero-order chi connectivity index (χ0) is 16.9.